The van der Waals surface area contributed by atoms with Gasteiger partial charge >= 0.3 is 6.18 Å². The first kappa shape index (κ1) is 53.3. The van der Waals surface area contributed by atoms with Crippen molar-refractivity contribution in [3.63, 3.8) is 0 Å². The molecule has 3 heterocycles. The van der Waals surface area contributed by atoms with Crippen LogP contribution in [-0.4, -0.2) is 55.9 Å². The molecule has 0 atom stereocenters. The number of aromatic amines is 3. The fraction of sp³-hybridized carbons (Fsp3) is 0.121. The Morgan fingerprint density at radius 3 is 1.17 bits per heavy atom. The number of H-pyrrole nitrogens is 3. The van der Waals surface area contributed by atoms with Crippen molar-refractivity contribution in [1.29, 1.82) is 0 Å². The Hall–Kier alpha value is -8.01. The third-order valence-corrected chi connectivity index (χ3v) is 13.0. The summed E-state index contributed by atoms with van der Waals surface area (Å²) in [4.78, 5) is 0. The van der Waals surface area contributed by atoms with E-state index < -0.39 is 12.6 Å². The van der Waals surface area contributed by atoms with Crippen LogP contribution in [0.4, 0.5) is 30.6 Å². The molecule has 17 heteroatoms. The van der Waals surface area contributed by atoms with Crippen molar-refractivity contribution in [2.24, 2.45) is 0 Å². The fourth-order valence-corrected chi connectivity index (χ4v) is 9.06. The third-order valence-electron chi connectivity index (χ3n) is 12.1. The van der Waals surface area contributed by atoms with Gasteiger partial charge in [-0.15, -0.1) is 0 Å². The molecule has 0 saturated carbocycles. The van der Waals surface area contributed by atoms with Crippen molar-refractivity contribution in [1.82, 2.24) is 30.6 Å². The molecule has 0 saturated heterocycles. The quantitative estimate of drug-likeness (QED) is 0.0591. The molecule has 3 aromatic heterocycles. The standard InChI is InChI=1S/C21H18ClN3O.C20H16ClN3.C17H15ClF3N3.H2O/c1-26-16-9-7-14(8-10-16)13-23-21-18-11-17(15-5-3-2-4-6-15)19(22)12-20(18)24-25-21;21-18-12-19-17(11-16(18)15-9-5-2-6-10-15)20(24-23-19)22-13-14-7-3-1-4-8-14;18-14-10-15-13(9-12(14)11-5-2-1-3-6-11)16(24-23-15)22-8-4-7-17(19,20)21;/h2-12H,13H2,1H3,(H2,23,24,25);1-12H,13H2,(H2,22,23,24);1-3,5-6,9-10H,4,7-8H2,(H2,22,23,24);1H2. The zero-order valence-corrected chi connectivity index (χ0v) is 42.6. The second kappa shape index (κ2) is 24.8. The number of hydrogen-bond acceptors (Lipinski definition) is 7. The number of aromatic nitrogens is 6. The smallest absolute Gasteiger partial charge is 0.389 e. The molecule has 11 aromatic rings. The average Bonchev–Trinajstić information content (AvgIpc) is 4.15. The SMILES string of the molecule is COc1ccc(CNc2n[nH]c3cc(Cl)c(-c4ccccc4)cc23)cc1.Clc1cc2[nH]nc(NCc3ccccc3)c2cc1-c1ccccc1.FC(F)(F)CCCNc1n[nH]c2cc(Cl)c(-c3ccccc3)cc12.O. The molecular weight excluding hydrogens is 1020 g/mol. The van der Waals surface area contributed by atoms with Gasteiger partial charge in [0.05, 0.1) is 38.7 Å². The summed E-state index contributed by atoms with van der Waals surface area (Å²) in [6, 6.07) is 59.8. The van der Waals surface area contributed by atoms with Gasteiger partial charge in [-0.25, -0.2) is 0 Å². The molecule has 0 aliphatic heterocycles. The summed E-state index contributed by atoms with van der Waals surface area (Å²) in [6.45, 7) is 1.60. The Morgan fingerprint density at radius 1 is 0.467 bits per heavy atom. The van der Waals surface area contributed by atoms with Gasteiger partial charge < -0.3 is 26.2 Å². The Bertz CT molecular complexity index is 3580. The summed E-state index contributed by atoms with van der Waals surface area (Å²) < 4.78 is 41.8. The number of rotatable bonds is 14. The van der Waals surface area contributed by atoms with E-state index in [4.69, 9.17) is 39.5 Å². The Labute approximate surface area is 445 Å². The first-order valence-corrected chi connectivity index (χ1v) is 24.8. The van der Waals surface area contributed by atoms with E-state index in [0.29, 0.717) is 27.4 Å². The number of nitrogens with zero attached hydrogens (tertiary/aromatic N) is 3. The summed E-state index contributed by atoms with van der Waals surface area (Å²) in [7, 11) is 1.67. The highest BCUT2D eigenvalue weighted by Gasteiger charge is 2.26. The van der Waals surface area contributed by atoms with Crippen LogP contribution in [0.1, 0.15) is 24.0 Å². The van der Waals surface area contributed by atoms with Crippen molar-refractivity contribution in [3.05, 3.63) is 208 Å². The number of hydrogen-bond donors (Lipinski definition) is 6. The largest absolute Gasteiger partial charge is 0.497 e. The molecule has 0 fully saturated rings. The lowest BCUT2D eigenvalue weighted by molar-refractivity contribution is -0.134. The van der Waals surface area contributed by atoms with Gasteiger partial charge in [-0.2, -0.15) is 28.5 Å². The van der Waals surface area contributed by atoms with Crippen molar-refractivity contribution in [2.45, 2.75) is 32.1 Å². The Kier molecular flexibility index (Phi) is 17.6. The number of alkyl halides is 3. The molecule has 0 spiro atoms. The molecule has 11 nitrogen and oxygen atoms in total. The second-order valence-electron chi connectivity index (χ2n) is 17.1. The van der Waals surface area contributed by atoms with E-state index in [1.165, 1.54) is 5.56 Å². The number of benzene rings is 8. The van der Waals surface area contributed by atoms with E-state index in [2.05, 4.69) is 95.1 Å². The number of halogens is 6. The van der Waals surface area contributed by atoms with Crippen LogP contribution in [0.5, 0.6) is 5.75 Å². The van der Waals surface area contributed by atoms with Gasteiger partial charge in [0, 0.05) is 58.9 Å². The first-order chi connectivity index (χ1) is 36.0. The average molecular weight is 1070 g/mol. The first-order valence-electron chi connectivity index (χ1n) is 23.6. The van der Waals surface area contributed by atoms with Gasteiger partial charge in [0.15, 0.2) is 17.5 Å². The molecule has 8 aromatic carbocycles. The Balaban J connectivity index is 0.000000149. The fourth-order valence-electron chi connectivity index (χ4n) is 8.24. The van der Waals surface area contributed by atoms with Gasteiger partial charge in [-0.05, 0) is 82.8 Å². The van der Waals surface area contributed by atoms with Gasteiger partial charge in [-0.3, -0.25) is 15.3 Å². The summed E-state index contributed by atoms with van der Waals surface area (Å²) in [5.41, 5.74) is 10.9. The zero-order valence-electron chi connectivity index (χ0n) is 40.4. The van der Waals surface area contributed by atoms with Gasteiger partial charge in [-0.1, -0.05) is 168 Å². The lowest BCUT2D eigenvalue weighted by Gasteiger charge is -2.08. The summed E-state index contributed by atoms with van der Waals surface area (Å²) in [5, 5.41) is 36.5. The van der Waals surface area contributed by atoms with Crippen molar-refractivity contribution in [2.75, 3.05) is 29.6 Å². The maximum Gasteiger partial charge on any atom is 0.389 e. The predicted octanol–water partition coefficient (Wildman–Crippen LogP) is 15.8. The van der Waals surface area contributed by atoms with E-state index in [-0.39, 0.29) is 18.4 Å². The highest BCUT2D eigenvalue weighted by molar-refractivity contribution is 6.35. The minimum atomic E-state index is -4.14. The topological polar surface area (TPSA) is 163 Å². The van der Waals surface area contributed by atoms with E-state index in [1.807, 2.05) is 127 Å². The Morgan fingerprint density at radius 2 is 0.813 bits per heavy atom. The number of methoxy groups -OCH3 is 1. The number of nitrogens with one attached hydrogen (secondary N) is 6. The molecule has 0 radical (unpaired) electrons. The minimum Gasteiger partial charge on any atom is -0.497 e. The zero-order chi connectivity index (χ0) is 51.4. The molecule has 0 unspecified atom stereocenters. The van der Waals surface area contributed by atoms with Crippen LogP contribution in [0.25, 0.3) is 66.1 Å². The molecule has 8 N–H and O–H groups in total. The molecule has 0 amide bonds. The molecule has 11 rings (SSSR count). The number of anilines is 3. The molecule has 75 heavy (non-hydrogen) atoms. The molecule has 382 valence electrons. The second-order valence-corrected chi connectivity index (χ2v) is 18.4. The van der Waals surface area contributed by atoms with Gasteiger partial charge in [0.1, 0.15) is 5.75 Å². The monoisotopic (exact) mass is 1070 g/mol. The van der Waals surface area contributed by atoms with Gasteiger partial charge in [0.25, 0.3) is 0 Å². The van der Waals surface area contributed by atoms with Crippen LogP contribution in [0.15, 0.2) is 182 Å². The molecule has 0 aliphatic rings. The van der Waals surface area contributed by atoms with Crippen molar-refractivity contribution in [3.8, 4) is 39.1 Å². The van der Waals surface area contributed by atoms with Crippen LogP contribution in [-0.2, 0) is 13.1 Å². The lowest BCUT2D eigenvalue weighted by Crippen LogP contribution is -2.11. The summed E-state index contributed by atoms with van der Waals surface area (Å²) in [6.07, 6.45) is -4.95. The normalized spacial score (nSPS) is 11.0. The van der Waals surface area contributed by atoms with E-state index >= 15 is 0 Å². The van der Waals surface area contributed by atoms with Crippen molar-refractivity contribution >= 4 is 85.0 Å². The highest BCUT2D eigenvalue weighted by atomic mass is 35.5. The predicted molar refractivity (Wildman–Crippen MR) is 301 cm³/mol. The number of ether oxygens (including phenoxy) is 1. The van der Waals surface area contributed by atoms with E-state index in [1.54, 1.807) is 13.2 Å². The molecule has 0 aliphatic carbocycles. The van der Waals surface area contributed by atoms with E-state index in [9.17, 15) is 13.2 Å². The third kappa shape index (κ3) is 13.6. The van der Waals surface area contributed by atoms with E-state index in [0.717, 1.165) is 95.6 Å². The summed E-state index contributed by atoms with van der Waals surface area (Å²) in [5.74, 6) is 3.02. The van der Waals surface area contributed by atoms with Crippen LogP contribution >= 0.6 is 34.8 Å². The van der Waals surface area contributed by atoms with Crippen LogP contribution < -0.4 is 20.7 Å². The summed E-state index contributed by atoms with van der Waals surface area (Å²) >= 11 is 19.3. The van der Waals surface area contributed by atoms with Crippen LogP contribution in [0.3, 0.4) is 0 Å². The lowest BCUT2D eigenvalue weighted by atomic mass is 10.0. The minimum absolute atomic E-state index is 0. The number of fused-ring (bicyclic) bond motifs is 3. The molecule has 0 bridgehead atoms. The van der Waals surface area contributed by atoms with Crippen LogP contribution in [0, 0.1) is 0 Å². The van der Waals surface area contributed by atoms with Crippen molar-refractivity contribution < 1.29 is 23.4 Å². The maximum absolute atomic E-state index is 12.2. The maximum atomic E-state index is 12.2. The molecular formula is C58H51Cl3F3N9O2. The van der Waals surface area contributed by atoms with Gasteiger partial charge in [0.2, 0.25) is 0 Å². The highest BCUT2D eigenvalue weighted by Crippen LogP contribution is 2.37. The van der Waals surface area contributed by atoms with Crippen LogP contribution in [0.2, 0.25) is 15.1 Å².